The molecule has 2 N–H and O–H groups in total. The van der Waals surface area contributed by atoms with Crippen LogP contribution in [0.25, 0.3) is 0 Å². The second-order valence-corrected chi connectivity index (χ2v) is 5.75. The van der Waals surface area contributed by atoms with Crippen LogP contribution in [0.5, 0.6) is 0 Å². The van der Waals surface area contributed by atoms with Crippen molar-refractivity contribution in [3.8, 4) is 0 Å². The first-order chi connectivity index (χ1) is 10.1. The summed E-state index contributed by atoms with van der Waals surface area (Å²) < 4.78 is 5.29. The van der Waals surface area contributed by atoms with Gasteiger partial charge in [0.1, 0.15) is 5.76 Å². The van der Waals surface area contributed by atoms with Crippen LogP contribution in [0, 0.1) is 0 Å². The monoisotopic (exact) mass is 302 g/mol. The first-order valence-corrected chi connectivity index (χ1v) is 7.73. The molecule has 1 aromatic carbocycles. The third-order valence-electron chi connectivity index (χ3n) is 3.30. The number of furan rings is 1. The molecular weight excluding hydrogens is 280 g/mol. The highest BCUT2D eigenvalue weighted by molar-refractivity contribution is 7.80. The molecular formula is C17H22N2OS. The molecule has 2 rings (SSSR count). The summed E-state index contributed by atoms with van der Waals surface area (Å²) in [6.45, 7) is 5.21. The van der Waals surface area contributed by atoms with E-state index in [1.165, 1.54) is 5.56 Å². The number of benzene rings is 1. The molecule has 1 aromatic heterocycles. The maximum Gasteiger partial charge on any atom is 0.170 e. The maximum atomic E-state index is 5.29. The van der Waals surface area contributed by atoms with E-state index in [0.29, 0.717) is 11.0 Å². The number of hydrogen-bond acceptors (Lipinski definition) is 2. The molecule has 0 aliphatic rings. The lowest BCUT2D eigenvalue weighted by Crippen LogP contribution is -2.29. The van der Waals surface area contributed by atoms with Gasteiger partial charge in [0.05, 0.1) is 6.26 Å². The van der Waals surface area contributed by atoms with E-state index >= 15 is 0 Å². The van der Waals surface area contributed by atoms with Crippen LogP contribution in [0.15, 0.2) is 47.1 Å². The topological polar surface area (TPSA) is 37.2 Å². The van der Waals surface area contributed by atoms with Gasteiger partial charge in [-0.15, -0.1) is 0 Å². The van der Waals surface area contributed by atoms with E-state index in [1.807, 2.05) is 12.1 Å². The standard InChI is InChI=1S/C17H22N2OS/c1-13(2)14-7-9-15(10-8-14)19-17(21)18-11-3-5-16-6-4-12-20-16/h4,6-10,12-13H,3,5,11H2,1-2H3,(H2,18,19,21). The lowest BCUT2D eigenvalue weighted by atomic mass is 10.0. The Morgan fingerprint density at radius 1 is 1.19 bits per heavy atom. The van der Waals surface area contributed by atoms with E-state index in [2.05, 4.69) is 48.7 Å². The van der Waals surface area contributed by atoms with Crippen LogP contribution in [-0.4, -0.2) is 11.7 Å². The fraction of sp³-hybridized carbons (Fsp3) is 0.353. The molecule has 112 valence electrons. The second-order valence-electron chi connectivity index (χ2n) is 5.34. The summed E-state index contributed by atoms with van der Waals surface area (Å²) in [4.78, 5) is 0. The number of thiocarbonyl (C=S) groups is 1. The highest BCUT2D eigenvalue weighted by Crippen LogP contribution is 2.16. The van der Waals surface area contributed by atoms with Gasteiger partial charge in [0.2, 0.25) is 0 Å². The van der Waals surface area contributed by atoms with E-state index in [1.54, 1.807) is 6.26 Å². The van der Waals surface area contributed by atoms with E-state index in [-0.39, 0.29) is 0 Å². The van der Waals surface area contributed by atoms with Crippen molar-refractivity contribution in [2.75, 3.05) is 11.9 Å². The Kier molecular flexibility index (Phi) is 5.81. The third-order valence-corrected chi connectivity index (χ3v) is 3.55. The van der Waals surface area contributed by atoms with Crippen molar-refractivity contribution in [1.29, 1.82) is 0 Å². The smallest absolute Gasteiger partial charge is 0.170 e. The zero-order valence-electron chi connectivity index (χ0n) is 12.6. The number of hydrogen-bond donors (Lipinski definition) is 2. The lowest BCUT2D eigenvalue weighted by molar-refractivity contribution is 0.501. The van der Waals surface area contributed by atoms with Gasteiger partial charge in [0.25, 0.3) is 0 Å². The maximum absolute atomic E-state index is 5.29. The molecule has 0 atom stereocenters. The van der Waals surface area contributed by atoms with Gasteiger partial charge in [-0.25, -0.2) is 0 Å². The van der Waals surface area contributed by atoms with Crippen molar-refractivity contribution in [3.05, 3.63) is 54.0 Å². The molecule has 0 fully saturated rings. The Morgan fingerprint density at radius 2 is 1.95 bits per heavy atom. The first kappa shape index (κ1) is 15.6. The van der Waals surface area contributed by atoms with Crippen molar-refractivity contribution in [2.24, 2.45) is 0 Å². The normalized spacial score (nSPS) is 10.6. The Bertz CT molecular complexity index is 547. The third kappa shape index (κ3) is 5.23. The number of nitrogens with one attached hydrogen (secondary N) is 2. The Morgan fingerprint density at radius 3 is 2.57 bits per heavy atom. The molecule has 0 amide bonds. The van der Waals surface area contributed by atoms with Gasteiger partial charge in [-0.05, 0) is 54.4 Å². The summed E-state index contributed by atoms with van der Waals surface area (Å²) in [6, 6.07) is 12.3. The summed E-state index contributed by atoms with van der Waals surface area (Å²) in [5, 5.41) is 7.07. The van der Waals surface area contributed by atoms with Crippen LogP contribution >= 0.6 is 12.2 Å². The number of aryl methyl sites for hydroxylation is 1. The first-order valence-electron chi connectivity index (χ1n) is 7.32. The molecule has 0 spiro atoms. The molecule has 21 heavy (non-hydrogen) atoms. The lowest BCUT2D eigenvalue weighted by Gasteiger charge is -2.11. The molecule has 0 aliphatic carbocycles. The summed E-state index contributed by atoms with van der Waals surface area (Å²) in [7, 11) is 0. The van der Waals surface area contributed by atoms with Crippen LogP contribution in [0.3, 0.4) is 0 Å². The van der Waals surface area contributed by atoms with Crippen molar-refractivity contribution in [3.63, 3.8) is 0 Å². The quantitative estimate of drug-likeness (QED) is 0.615. The number of rotatable bonds is 6. The largest absolute Gasteiger partial charge is 0.469 e. The molecule has 4 heteroatoms. The average molecular weight is 302 g/mol. The predicted octanol–water partition coefficient (Wildman–Crippen LogP) is 4.32. The molecule has 0 saturated heterocycles. The van der Waals surface area contributed by atoms with Crippen LogP contribution in [-0.2, 0) is 6.42 Å². The highest BCUT2D eigenvalue weighted by Gasteiger charge is 2.01. The molecule has 0 bridgehead atoms. The van der Waals surface area contributed by atoms with E-state index in [4.69, 9.17) is 16.6 Å². The zero-order valence-corrected chi connectivity index (χ0v) is 13.4. The minimum absolute atomic E-state index is 0.547. The van der Waals surface area contributed by atoms with Gasteiger partial charge in [-0.1, -0.05) is 26.0 Å². The SMILES string of the molecule is CC(C)c1ccc(NC(=S)NCCCc2ccco2)cc1. The summed E-state index contributed by atoms with van der Waals surface area (Å²) in [5.74, 6) is 1.56. The predicted molar refractivity (Wildman–Crippen MR) is 91.8 cm³/mol. The van der Waals surface area contributed by atoms with Crippen LogP contribution in [0.2, 0.25) is 0 Å². The van der Waals surface area contributed by atoms with E-state index in [0.717, 1.165) is 30.8 Å². The van der Waals surface area contributed by atoms with Crippen LogP contribution in [0.1, 0.15) is 37.5 Å². The minimum Gasteiger partial charge on any atom is -0.469 e. The van der Waals surface area contributed by atoms with Gasteiger partial charge < -0.3 is 15.1 Å². The second kappa shape index (κ2) is 7.84. The Labute approximate surface area is 131 Å². The molecule has 0 unspecified atom stereocenters. The number of anilines is 1. The van der Waals surface area contributed by atoms with Gasteiger partial charge >= 0.3 is 0 Å². The molecule has 0 aliphatic heterocycles. The fourth-order valence-corrected chi connectivity index (χ4v) is 2.27. The molecule has 3 nitrogen and oxygen atoms in total. The van der Waals surface area contributed by atoms with Gasteiger partial charge in [0.15, 0.2) is 5.11 Å². The Balaban J connectivity index is 1.69. The molecule has 0 radical (unpaired) electrons. The summed E-state index contributed by atoms with van der Waals surface area (Å²) >= 11 is 5.29. The molecule has 0 saturated carbocycles. The van der Waals surface area contributed by atoms with Gasteiger partial charge in [0, 0.05) is 18.7 Å². The van der Waals surface area contributed by atoms with E-state index in [9.17, 15) is 0 Å². The fourth-order valence-electron chi connectivity index (χ4n) is 2.05. The molecule has 1 heterocycles. The summed E-state index contributed by atoms with van der Waals surface area (Å²) in [5.41, 5.74) is 2.35. The minimum atomic E-state index is 0.547. The molecule has 2 aromatic rings. The average Bonchev–Trinajstić information content (AvgIpc) is 2.97. The van der Waals surface area contributed by atoms with Crippen molar-refractivity contribution in [1.82, 2.24) is 5.32 Å². The zero-order chi connectivity index (χ0) is 15.1. The van der Waals surface area contributed by atoms with Crippen LogP contribution in [0.4, 0.5) is 5.69 Å². The van der Waals surface area contributed by atoms with Crippen LogP contribution < -0.4 is 10.6 Å². The van der Waals surface area contributed by atoms with Gasteiger partial charge in [-0.3, -0.25) is 0 Å². The van der Waals surface area contributed by atoms with Crippen molar-refractivity contribution in [2.45, 2.75) is 32.6 Å². The Hall–Kier alpha value is -1.81. The van der Waals surface area contributed by atoms with Crippen molar-refractivity contribution >= 4 is 23.0 Å². The van der Waals surface area contributed by atoms with Crippen molar-refractivity contribution < 1.29 is 4.42 Å². The van der Waals surface area contributed by atoms with Gasteiger partial charge in [-0.2, -0.15) is 0 Å². The van der Waals surface area contributed by atoms with E-state index < -0.39 is 0 Å². The summed E-state index contributed by atoms with van der Waals surface area (Å²) in [6.07, 6.45) is 3.61. The highest BCUT2D eigenvalue weighted by atomic mass is 32.1.